The van der Waals surface area contributed by atoms with Gasteiger partial charge in [0.05, 0.1) is 19.3 Å². The van der Waals surface area contributed by atoms with Crippen molar-refractivity contribution >= 4 is 17.6 Å². The monoisotopic (exact) mass is 308 g/mol. The van der Waals surface area contributed by atoms with Crippen LogP contribution >= 0.6 is 11.6 Å². The Balaban J connectivity index is 2.05. The lowest BCUT2D eigenvalue weighted by Crippen LogP contribution is -2.30. The number of hydrogen-bond donors (Lipinski definition) is 0. The van der Waals surface area contributed by atoms with E-state index in [1.807, 2.05) is 24.0 Å². The molecule has 0 bridgehead atoms. The van der Waals surface area contributed by atoms with E-state index in [-0.39, 0.29) is 12.5 Å². The van der Waals surface area contributed by atoms with Gasteiger partial charge in [-0.3, -0.25) is 9.69 Å². The van der Waals surface area contributed by atoms with Gasteiger partial charge in [0.1, 0.15) is 6.26 Å². The van der Waals surface area contributed by atoms with Crippen molar-refractivity contribution in [2.75, 3.05) is 20.2 Å². The van der Waals surface area contributed by atoms with Crippen LogP contribution in [0.5, 0.6) is 0 Å². The number of carbonyl (C=O) groups excluding carboxylic acids is 1. The SMILES string of the molecule is CCN(CC(=O)OC)Cc1coc(-c2ccc(Cl)cc2)n1. The number of nitrogens with zero attached hydrogens (tertiary/aromatic N) is 2. The predicted molar refractivity (Wildman–Crippen MR) is 79.9 cm³/mol. The molecule has 1 aromatic carbocycles. The van der Waals surface area contributed by atoms with Gasteiger partial charge in [-0.1, -0.05) is 18.5 Å². The van der Waals surface area contributed by atoms with Crippen molar-refractivity contribution < 1.29 is 13.9 Å². The third kappa shape index (κ3) is 4.31. The summed E-state index contributed by atoms with van der Waals surface area (Å²) in [5, 5.41) is 0.667. The van der Waals surface area contributed by atoms with Gasteiger partial charge in [0.15, 0.2) is 0 Å². The molecule has 0 fully saturated rings. The fraction of sp³-hybridized carbons (Fsp3) is 0.333. The van der Waals surface area contributed by atoms with E-state index in [0.29, 0.717) is 17.5 Å². The van der Waals surface area contributed by atoms with Crippen molar-refractivity contribution in [3.05, 3.63) is 41.2 Å². The summed E-state index contributed by atoms with van der Waals surface area (Å²) in [6.07, 6.45) is 1.60. The number of ether oxygens (including phenoxy) is 1. The van der Waals surface area contributed by atoms with Crippen LogP contribution in [0, 0.1) is 0 Å². The van der Waals surface area contributed by atoms with Crippen LogP contribution in [0.4, 0.5) is 0 Å². The summed E-state index contributed by atoms with van der Waals surface area (Å²) in [5.41, 5.74) is 1.63. The Morgan fingerprint density at radius 3 is 2.71 bits per heavy atom. The number of benzene rings is 1. The summed E-state index contributed by atoms with van der Waals surface area (Å²) in [6.45, 7) is 3.46. The zero-order valence-corrected chi connectivity index (χ0v) is 12.8. The molecular weight excluding hydrogens is 292 g/mol. The highest BCUT2D eigenvalue weighted by Crippen LogP contribution is 2.21. The molecule has 0 saturated heterocycles. The first-order valence-corrected chi connectivity index (χ1v) is 6.99. The van der Waals surface area contributed by atoms with Gasteiger partial charge < -0.3 is 9.15 Å². The number of oxazole rings is 1. The van der Waals surface area contributed by atoms with Crippen molar-refractivity contribution in [2.45, 2.75) is 13.5 Å². The van der Waals surface area contributed by atoms with Crippen molar-refractivity contribution in [1.29, 1.82) is 0 Å². The van der Waals surface area contributed by atoms with Crippen molar-refractivity contribution in [1.82, 2.24) is 9.88 Å². The van der Waals surface area contributed by atoms with E-state index in [9.17, 15) is 4.79 Å². The van der Waals surface area contributed by atoms with Gasteiger partial charge in [0, 0.05) is 17.1 Å². The maximum atomic E-state index is 11.3. The standard InChI is InChI=1S/C15H17ClN2O3/c1-3-18(9-14(19)20-2)8-13-10-21-15(17-13)11-4-6-12(16)7-5-11/h4-7,10H,3,8-9H2,1-2H3. The number of rotatable bonds is 6. The Labute approximate surface area is 128 Å². The number of likely N-dealkylation sites (N-methyl/N-ethyl adjacent to an activating group) is 1. The molecule has 0 atom stereocenters. The number of aromatic nitrogens is 1. The molecule has 0 N–H and O–H groups in total. The van der Waals surface area contributed by atoms with Crippen LogP contribution in [0.15, 0.2) is 34.9 Å². The van der Waals surface area contributed by atoms with Gasteiger partial charge in [-0.15, -0.1) is 0 Å². The quantitative estimate of drug-likeness (QED) is 0.768. The lowest BCUT2D eigenvalue weighted by atomic mass is 10.2. The van der Waals surface area contributed by atoms with Crippen LogP contribution in [0.25, 0.3) is 11.5 Å². The van der Waals surface area contributed by atoms with E-state index in [4.69, 9.17) is 16.0 Å². The molecule has 0 radical (unpaired) electrons. The first kappa shape index (κ1) is 15.5. The molecule has 21 heavy (non-hydrogen) atoms. The summed E-state index contributed by atoms with van der Waals surface area (Å²) in [5.74, 6) is 0.272. The molecule has 6 heteroatoms. The third-order valence-electron chi connectivity index (χ3n) is 3.06. The molecule has 112 valence electrons. The van der Waals surface area contributed by atoms with Gasteiger partial charge in [-0.05, 0) is 30.8 Å². The summed E-state index contributed by atoms with van der Waals surface area (Å²) in [7, 11) is 1.38. The smallest absolute Gasteiger partial charge is 0.319 e. The zero-order chi connectivity index (χ0) is 15.2. The lowest BCUT2D eigenvalue weighted by Gasteiger charge is -2.16. The summed E-state index contributed by atoms with van der Waals surface area (Å²) in [4.78, 5) is 17.7. The number of halogens is 1. The van der Waals surface area contributed by atoms with Crippen molar-refractivity contribution in [3.63, 3.8) is 0 Å². The number of carbonyl (C=O) groups is 1. The zero-order valence-electron chi connectivity index (χ0n) is 12.0. The second-order valence-electron chi connectivity index (χ2n) is 4.53. The Kier molecular flexibility index (Phi) is 5.36. The average Bonchev–Trinajstić information content (AvgIpc) is 2.95. The summed E-state index contributed by atoms with van der Waals surface area (Å²) in [6, 6.07) is 7.28. The van der Waals surface area contributed by atoms with Crippen LogP contribution in [0.2, 0.25) is 5.02 Å². The fourth-order valence-electron chi connectivity index (χ4n) is 1.86. The number of hydrogen-bond acceptors (Lipinski definition) is 5. The Morgan fingerprint density at radius 1 is 1.38 bits per heavy atom. The van der Waals surface area contributed by atoms with Crippen LogP contribution in [-0.2, 0) is 16.1 Å². The second-order valence-corrected chi connectivity index (χ2v) is 4.97. The normalized spacial score (nSPS) is 10.9. The summed E-state index contributed by atoms with van der Waals surface area (Å²) < 4.78 is 10.1. The maximum absolute atomic E-state index is 11.3. The Bertz CT molecular complexity index is 595. The van der Waals surface area contributed by atoms with Gasteiger partial charge in [0.2, 0.25) is 5.89 Å². The van der Waals surface area contributed by atoms with Crippen molar-refractivity contribution in [3.8, 4) is 11.5 Å². The van der Waals surface area contributed by atoms with Crippen LogP contribution in [0.3, 0.4) is 0 Å². The average molecular weight is 309 g/mol. The topological polar surface area (TPSA) is 55.6 Å². The van der Waals surface area contributed by atoms with Gasteiger partial charge in [-0.2, -0.15) is 0 Å². The molecule has 0 spiro atoms. The molecular formula is C15H17ClN2O3. The van der Waals surface area contributed by atoms with Crippen molar-refractivity contribution in [2.24, 2.45) is 0 Å². The summed E-state index contributed by atoms with van der Waals surface area (Å²) >= 11 is 5.85. The minimum absolute atomic E-state index is 0.232. The first-order chi connectivity index (χ1) is 10.1. The lowest BCUT2D eigenvalue weighted by molar-refractivity contribution is -0.142. The molecule has 0 amide bonds. The second kappa shape index (κ2) is 7.24. The van der Waals surface area contributed by atoms with Crippen LogP contribution < -0.4 is 0 Å². The Morgan fingerprint density at radius 2 is 2.10 bits per heavy atom. The van der Waals surface area contributed by atoms with E-state index in [0.717, 1.165) is 17.8 Å². The van der Waals surface area contributed by atoms with Crippen LogP contribution in [0.1, 0.15) is 12.6 Å². The molecule has 1 heterocycles. The highest BCUT2D eigenvalue weighted by Gasteiger charge is 2.13. The van der Waals surface area contributed by atoms with Crippen LogP contribution in [-0.4, -0.2) is 36.1 Å². The molecule has 0 aliphatic carbocycles. The minimum atomic E-state index is -0.265. The molecule has 5 nitrogen and oxygen atoms in total. The third-order valence-corrected chi connectivity index (χ3v) is 3.31. The number of methoxy groups -OCH3 is 1. The maximum Gasteiger partial charge on any atom is 0.319 e. The molecule has 1 aromatic heterocycles. The molecule has 2 aromatic rings. The van der Waals surface area contributed by atoms with E-state index in [1.165, 1.54) is 7.11 Å². The molecule has 0 saturated carbocycles. The highest BCUT2D eigenvalue weighted by molar-refractivity contribution is 6.30. The molecule has 0 aliphatic rings. The van der Waals surface area contributed by atoms with E-state index >= 15 is 0 Å². The predicted octanol–water partition coefficient (Wildman–Crippen LogP) is 2.99. The molecule has 2 rings (SSSR count). The Hall–Kier alpha value is -1.85. The van der Waals surface area contributed by atoms with E-state index in [1.54, 1.807) is 18.4 Å². The number of esters is 1. The van der Waals surface area contributed by atoms with Gasteiger partial charge in [0.25, 0.3) is 0 Å². The largest absolute Gasteiger partial charge is 0.468 e. The minimum Gasteiger partial charge on any atom is -0.468 e. The van der Waals surface area contributed by atoms with Gasteiger partial charge >= 0.3 is 5.97 Å². The highest BCUT2D eigenvalue weighted by atomic mass is 35.5. The molecule has 0 unspecified atom stereocenters. The van der Waals surface area contributed by atoms with E-state index < -0.39 is 0 Å². The van der Waals surface area contributed by atoms with Gasteiger partial charge in [-0.25, -0.2) is 4.98 Å². The fourth-order valence-corrected chi connectivity index (χ4v) is 1.99. The first-order valence-electron chi connectivity index (χ1n) is 6.62. The van der Waals surface area contributed by atoms with E-state index in [2.05, 4.69) is 9.72 Å². The molecule has 0 aliphatic heterocycles.